The lowest BCUT2D eigenvalue weighted by atomic mass is 10.00. The maximum Gasteiger partial charge on any atom is 0.232 e. The normalized spacial score (nSPS) is 12.5. The van der Waals surface area contributed by atoms with Crippen molar-refractivity contribution in [2.24, 2.45) is 0 Å². The molecule has 2 rings (SSSR count). The van der Waals surface area contributed by atoms with Gasteiger partial charge in [0.2, 0.25) is 15.9 Å². The van der Waals surface area contributed by atoms with Crippen molar-refractivity contribution >= 4 is 33.2 Å². The lowest BCUT2D eigenvalue weighted by Gasteiger charge is -2.23. The van der Waals surface area contributed by atoms with Crippen molar-refractivity contribution in [1.29, 1.82) is 0 Å². The highest BCUT2D eigenvalue weighted by Gasteiger charge is 2.18. The van der Waals surface area contributed by atoms with Crippen molar-refractivity contribution in [1.82, 2.24) is 5.32 Å². The van der Waals surface area contributed by atoms with E-state index in [0.717, 1.165) is 22.9 Å². The van der Waals surface area contributed by atoms with E-state index >= 15 is 0 Å². The number of carbonyl (C=O) groups excluding carboxylic acids is 1. The summed E-state index contributed by atoms with van der Waals surface area (Å²) in [6.45, 7) is 6.21. The molecule has 0 aromatic heterocycles. The highest BCUT2D eigenvalue weighted by molar-refractivity contribution is 7.92. The van der Waals surface area contributed by atoms with Gasteiger partial charge in [-0.3, -0.25) is 9.10 Å². The van der Waals surface area contributed by atoms with Crippen molar-refractivity contribution in [2.45, 2.75) is 39.7 Å². The second-order valence-corrected chi connectivity index (χ2v) is 9.41. The number of aryl methyl sites for hydroxylation is 2. The van der Waals surface area contributed by atoms with Crippen LogP contribution in [0.3, 0.4) is 0 Å². The number of hydrogen-bond acceptors (Lipinski definition) is 3. The second-order valence-electron chi connectivity index (χ2n) is 7.07. The molecule has 0 saturated carbocycles. The van der Waals surface area contributed by atoms with E-state index in [1.165, 1.54) is 4.31 Å². The predicted octanol–water partition coefficient (Wildman–Crippen LogP) is 4.38. The van der Waals surface area contributed by atoms with Crippen LogP contribution in [0.2, 0.25) is 5.02 Å². The molecule has 0 bridgehead atoms. The van der Waals surface area contributed by atoms with Gasteiger partial charge in [-0.1, -0.05) is 41.4 Å². The summed E-state index contributed by atoms with van der Waals surface area (Å²) in [6.07, 6.45) is 1.79. The quantitative estimate of drug-likeness (QED) is 0.686. The smallest absolute Gasteiger partial charge is 0.232 e. The van der Waals surface area contributed by atoms with Crippen LogP contribution in [0.15, 0.2) is 42.5 Å². The number of amides is 1. The molecule has 28 heavy (non-hydrogen) atoms. The molecule has 152 valence electrons. The van der Waals surface area contributed by atoms with Crippen molar-refractivity contribution in [2.75, 3.05) is 17.1 Å². The fourth-order valence-corrected chi connectivity index (χ4v) is 4.26. The van der Waals surface area contributed by atoms with E-state index in [2.05, 4.69) is 11.4 Å². The number of anilines is 1. The van der Waals surface area contributed by atoms with Gasteiger partial charge in [0.1, 0.15) is 0 Å². The first kappa shape index (κ1) is 22.2. The zero-order valence-electron chi connectivity index (χ0n) is 16.7. The number of sulfonamides is 1. The summed E-state index contributed by atoms with van der Waals surface area (Å²) in [5.41, 5.74) is 3.86. The second kappa shape index (κ2) is 9.43. The molecule has 1 amide bonds. The maximum absolute atomic E-state index is 12.3. The molecule has 0 saturated heterocycles. The van der Waals surface area contributed by atoms with Crippen molar-refractivity contribution in [3.05, 3.63) is 64.2 Å². The summed E-state index contributed by atoms with van der Waals surface area (Å²) in [7, 11) is -3.47. The number of nitrogens with zero attached hydrogens (tertiary/aromatic N) is 1. The molecule has 1 N–H and O–H groups in total. The van der Waals surface area contributed by atoms with Crippen LogP contribution >= 0.6 is 11.6 Å². The number of carbonyl (C=O) groups is 1. The van der Waals surface area contributed by atoms with Gasteiger partial charge in [-0.2, -0.15) is 0 Å². The number of hydrogen-bond donors (Lipinski definition) is 1. The Morgan fingerprint density at radius 3 is 2.54 bits per heavy atom. The zero-order valence-corrected chi connectivity index (χ0v) is 18.3. The third-order valence-corrected chi connectivity index (χ3v) is 5.97. The van der Waals surface area contributed by atoms with Gasteiger partial charge in [-0.15, -0.1) is 0 Å². The summed E-state index contributed by atoms with van der Waals surface area (Å²) in [4.78, 5) is 12.3. The molecule has 0 aliphatic heterocycles. The van der Waals surface area contributed by atoms with Gasteiger partial charge < -0.3 is 5.32 Å². The van der Waals surface area contributed by atoms with Crippen LogP contribution in [0.5, 0.6) is 0 Å². The Hall–Kier alpha value is -2.05. The van der Waals surface area contributed by atoms with Crippen LogP contribution in [0, 0.1) is 13.8 Å². The number of rotatable bonds is 8. The van der Waals surface area contributed by atoms with E-state index in [9.17, 15) is 13.2 Å². The van der Waals surface area contributed by atoms with E-state index in [1.54, 1.807) is 24.3 Å². The molecule has 7 heteroatoms. The summed E-state index contributed by atoms with van der Waals surface area (Å²) in [5, 5.41) is 3.46. The Morgan fingerprint density at radius 2 is 1.89 bits per heavy atom. The van der Waals surface area contributed by atoms with E-state index < -0.39 is 10.0 Å². The van der Waals surface area contributed by atoms with Crippen molar-refractivity contribution in [3.8, 4) is 0 Å². The Kier molecular flexibility index (Phi) is 7.49. The maximum atomic E-state index is 12.3. The summed E-state index contributed by atoms with van der Waals surface area (Å²) < 4.78 is 25.5. The molecular weight excluding hydrogens is 396 g/mol. The summed E-state index contributed by atoms with van der Waals surface area (Å²) in [5.74, 6) is -0.104. The van der Waals surface area contributed by atoms with Gasteiger partial charge in [0.05, 0.1) is 18.0 Å². The van der Waals surface area contributed by atoms with E-state index in [1.807, 2.05) is 32.9 Å². The van der Waals surface area contributed by atoms with Crippen LogP contribution in [0.25, 0.3) is 0 Å². The minimum Gasteiger partial charge on any atom is -0.350 e. The van der Waals surface area contributed by atoms with Crippen LogP contribution in [0.4, 0.5) is 5.69 Å². The number of halogens is 1. The largest absolute Gasteiger partial charge is 0.350 e. The summed E-state index contributed by atoms with van der Waals surface area (Å²) >= 11 is 5.98. The average Bonchev–Trinajstić information content (AvgIpc) is 2.59. The Morgan fingerprint density at radius 1 is 1.18 bits per heavy atom. The molecule has 2 aromatic carbocycles. The molecule has 2 aromatic rings. The molecule has 1 unspecified atom stereocenters. The molecule has 0 fully saturated rings. The van der Waals surface area contributed by atoms with Crippen LogP contribution in [-0.2, 0) is 14.8 Å². The third-order valence-electron chi connectivity index (χ3n) is 4.54. The average molecular weight is 423 g/mol. The van der Waals surface area contributed by atoms with Gasteiger partial charge in [0.25, 0.3) is 0 Å². The van der Waals surface area contributed by atoms with Gasteiger partial charge >= 0.3 is 0 Å². The monoisotopic (exact) mass is 422 g/mol. The molecule has 5 nitrogen and oxygen atoms in total. The fourth-order valence-electron chi connectivity index (χ4n) is 3.12. The Bertz CT molecular complexity index is 944. The summed E-state index contributed by atoms with van der Waals surface area (Å²) in [6, 6.07) is 12.7. The van der Waals surface area contributed by atoms with Crippen LogP contribution in [-0.4, -0.2) is 27.1 Å². The van der Waals surface area contributed by atoms with Gasteiger partial charge in [-0.25, -0.2) is 8.42 Å². The van der Waals surface area contributed by atoms with Gasteiger partial charge in [0, 0.05) is 18.0 Å². The number of benzene rings is 2. The topological polar surface area (TPSA) is 66.5 Å². The van der Waals surface area contributed by atoms with Crippen molar-refractivity contribution < 1.29 is 13.2 Å². The van der Waals surface area contributed by atoms with E-state index in [4.69, 9.17) is 11.6 Å². The molecule has 0 radical (unpaired) electrons. The molecule has 0 heterocycles. The first-order chi connectivity index (χ1) is 13.1. The zero-order chi connectivity index (χ0) is 20.9. The van der Waals surface area contributed by atoms with Crippen molar-refractivity contribution in [3.63, 3.8) is 0 Å². The highest BCUT2D eigenvalue weighted by Crippen LogP contribution is 2.22. The van der Waals surface area contributed by atoms with Crippen LogP contribution < -0.4 is 9.62 Å². The Labute approximate surface area is 172 Å². The molecule has 1 atom stereocenters. The predicted molar refractivity (Wildman–Crippen MR) is 115 cm³/mol. The minimum atomic E-state index is -3.47. The fraction of sp³-hybridized carbons (Fsp3) is 0.381. The lowest BCUT2D eigenvalue weighted by molar-refractivity contribution is -0.121. The third kappa shape index (κ3) is 6.24. The first-order valence-corrected chi connectivity index (χ1v) is 11.4. The SMILES string of the molecule is Cc1ccc(C)c(C(C)NC(=O)CCCN(c2cccc(Cl)c2)S(C)(=O)=O)c1. The Balaban J connectivity index is 1.96. The highest BCUT2D eigenvalue weighted by atomic mass is 35.5. The molecule has 0 aliphatic rings. The minimum absolute atomic E-state index is 0.104. The van der Waals surface area contributed by atoms with Crippen LogP contribution in [0.1, 0.15) is 42.5 Å². The lowest BCUT2D eigenvalue weighted by Crippen LogP contribution is -2.32. The van der Waals surface area contributed by atoms with Gasteiger partial charge in [-0.05, 0) is 56.5 Å². The first-order valence-electron chi connectivity index (χ1n) is 9.17. The van der Waals surface area contributed by atoms with Gasteiger partial charge in [0.15, 0.2) is 0 Å². The van der Waals surface area contributed by atoms with E-state index in [-0.39, 0.29) is 24.9 Å². The molecule has 0 spiro atoms. The molecular formula is C21H27ClN2O3S. The van der Waals surface area contributed by atoms with E-state index in [0.29, 0.717) is 17.1 Å². The number of nitrogens with one attached hydrogen (secondary N) is 1. The molecule has 0 aliphatic carbocycles. The standard InChI is InChI=1S/C21H27ClN2O3S/c1-15-10-11-16(2)20(13-15)17(3)23-21(25)9-6-12-24(28(4,26)27)19-8-5-7-18(22)14-19/h5,7-8,10-11,13-14,17H,6,9,12H2,1-4H3,(H,23,25).